The highest BCUT2D eigenvalue weighted by Crippen LogP contribution is 2.49. The van der Waals surface area contributed by atoms with E-state index < -0.39 is 0 Å². The Morgan fingerprint density at radius 3 is 2.62 bits per heavy atom. The standard InChI is InChI=1S/C32H46N4O2S/c1-6-28-25-16-22(15-24-18-27(19(2)3)35-34-20(24)4)17-29(25)36(28)14-13-26(31-12-11-30(39-31)21(5)37)33-32(38)23-9-7-8-10-23/h11-12,15,19,22-23,25-26,28-29H,6-10,13-14,16-18H2,1-5H3,(H,33,38)/b24-15-/t22?,25?,26-,28?,29?/m0/s1. The summed E-state index contributed by atoms with van der Waals surface area (Å²) >= 11 is 1.55. The van der Waals surface area contributed by atoms with Crippen molar-refractivity contribution in [2.24, 2.45) is 33.9 Å². The molecule has 3 heterocycles. The van der Waals surface area contributed by atoms with Gasteiger partial charge in [0.05, 0.1) is 16.6 Å². The topological polar surface area (TPSA) is 74.1 Å². The molecule has 5 atom stereocenters. The van der Waals surface area contributed by atoms with E-state index >= 15 is 0 Å². The number of rotatable bonds is 10. The quantitative estimate of drug-likeness (QED) is 0.319. The van der Waals surface area contributed by atoms with Crippen LogP contribution in [0.15, 0.2) is 34.0 Å². The van der Waals surface area contributed by atoms with Crippen molar-refractivity contribution in [2.75, 3.05) is 6.54 Å². The second-order valence-electron chi connectivity index (χ2n) is 12.6. The summed E-state index contributed by atoms with van der Waals surface area (Å²) in [5.74, 6) is 2.23. The highest BCUT2D eigenvalue weighted by molar-refractivity contribution is 7.14. The Morgan fingerprint density at radius 2 is 1.95 bits per heavy atom. The third kappa shape index (κ3) is 6.14. The molecule has 212 valence electrons. The third-order valence-corrected chi connectivity index (χ3v) is 11.0. The zero-order valence-electron chi connectivity index (χ0n) is 24.4. The molecule has 2 saturated carbocycles. The van der Waals surface area contributed by atoms with Gasteiger partial charge in [0, 0.05) is 41.6 Å². The first-order valence-electron chi connectivity index (χ1n) is 15.2. The van der Waals surface area contributed by atoms with Crippen LogP contribution in [-0.4, -0.2) is 46.6 Å². The Morgan fingerprint density at radius 1 is 1.18 bits per heavy atom. The van der Waals surface area contributed by atoms with Crippen LogP contribution in [-0.2, 0) is 4.79 Å². The number of Topliss-reactive ketones (excluding diaryl/α,β-unsaturated/α-hetero) is 1. The van der Waals surface area contributed by atoms with Crippen molar-refractivity contribution in [3.05, 3.63) is 33.5 Å². The molecule has 7 heteroatoms. The van der Waals surface area contributed by atoms with E-state index in [1.165, 1.54) is 30.5 Å². The van der Waals surface area contributed by atoms with Crippen molar-refractivity contribution in [1.82, 2.24) is 10.2 Å². The number of hydrogen-bond acceptors (Lipinski definition) is 6. The van der Waals surface area contributed by atoms with Gasteiger partial charge in [-0.1, -0.05) is 39.7 Å². The first-order chi connectivity index (χ1) is 18.7. The second kappa shape index (κ2) is 12.2. The number of thiophene rings is 1. The van der Waals surface area contributed by atoms with E-state index in [0.29, 0.717) is 23.9 Å². The van der Waals surface area contributed by atoms with Crippen molar-refractivity contribution in [3.8, 4) is 0 Å². The van der Waals surface area contributed by atoms with Crippen molar-refractivity contribution in [2.45, 2.75) is 111 Å². The van der Waals surface area contributed by atoms with E-state index in [2.05, 4.69) is 60.3 Å². The number of nitrogens with zero attached hydrogens (tertiary/aromatic N) is 3. The van der Waals surface area contributed by atoms with Crippen LogP contribution >= 0.6 is 11.3 Å². The lowest BCUT2D eigenvalue weighted by atomic mass is 9.80. The van der Waals surface area contributed by atoms with Crippen LogP contribution in [0, 0.1) is 23.7 Å². The fraction of sp³-hybridized carbons (Fsp3) is 0.688. The molecule has 0 aromatic carbocycles. The lowest BCUT2D eigenvalue weighted by molar-refractivity contribution is -0.125. The molecular formula is C32H46N4O2S. The molecule has 0 bridgehead atoms. The van der Waals surface area contributed by atoms with Gasteiger partial charge in [-0.15, -0.1) is 11.3 Å². The minimum atomic E-state index is -0.0260. The van der Waals surface area contributed by atoms with Crippen molar-refractivity contribution in [1.29, 1.82) is 0 Å². The molecule has 1 amide bonds. The van der Waals surface area contributed by atoms with Crippen LogP contribution in [0.4, 0.5) is 0 Å². The predicted octanol–water partition coefficient (Wildman–Crippen LogP) is 6.98. The Hall–Kier alpha value is -2.12. The maximum atomic E-state index is 13.1. The van der Waals surface area contributed by atoms with Crippen LogP contribution in [0.1, 0.15) is 113 Å². The SMILES string of the molecule is CCC1C2CC(/C=C3/CC(C(C)C)=NN=C3C)CC2N1CC[C@H](NC(=O)C1CCCC1)c1ccc(C(C)=O)s1. The van der Waals surface area contributed by atoms with E-state index in [0.717, 1.165) is 66.5 Å². The summed E-state index contributed by atoms with van der Waals surface area (Å²) in [5.41, 5.74) is 3.63. The van der Waals surface area contributed by atoms with Crippen LogP contribution in [0.3, 0.4) is 0 Å². The van der Waals surface area contributed by atoms with Gasteiger partial charge in [-0.25, -0.2) is 0 Å². The number of nitrogens with one attached hydrogen (secondary N) is 1. The summed E-state index contributed by atoms with van der Waals surface area (Å²) < 4.78 is 0. The molecule has 4 unspecified atom stereocenters. The van der Waals surface area contributed by atoms with Crippen molar-refractivity contribution in [3.63, 3.8) is 0 Å². The summed E-state index contributed by atoms with van der Waals surface area (Å²) in [6.07, 6.45) is 12.3. The molecule has 4 aliphatic rings. The molecule has 0 radical (unpaired) electrons. The Kier molecular flexibility index (Phi) is 8.87. The van der Waals surface area contributed by atoms with E-state index in [1.54, 1.807) is 18.3 Å². The van der Waals surface area contributed by atoms with E-state index in [4.69, 9.17) is 0 Å². The zero-order valence-corrected chi connectivity index (χ0v) is 25.2. The van der Waals surface area contributed by atoms with Gasteiger partial charge in [0.1, 0.15) is 0 Å². The first-order valence-corrected chi connectivity index (χ1v) is 16.1. The largest absolute Gasteiger partial charge is 0.348 e. The molecule has 3 fully saturated rings. The smallest absolute Gasteiger partial charge is 0.223 e. The van der Waals surface area contributed by atoms with Gasteiger partial charge in [0.2, 0.25) is 5.91 Å². The molecule has 1 aromatic rings. The fourth-order valence-corrected chi connectivity index (χ4v) is 8.38. The maximum absolute atomic E-state index is 13.1. The van der Waals surface area contributed by atoms with Crippen molar-refractivity contribution < 1.29 is 9.59 Å². The van der Waals surface area contributed by atoms with Gasteiger partial charge < -0.3 is 5.32 Å². The predicted molar refractivity (Wildman–Crippen MR) is 161 cm³/mol. The lowest BCUT2D eigenvalue weighted by Gasteiger charge is -2.53. The van der Waals surface area contributed by atoms with Crippen LogP contribution in [0.25, 0.3) is 0 Å². The molecule has 1 saturated heterocycles. The van der Waals surface area contributed by atoms with Gasteiger partial charge in [0.15, 0.2) is 5.78 Å². The van der Waals surface area contributed by atoms with Gasteiger partial charge in [-0.2, -0.15) is 10.2 Å². The molecule has 1 aromatic heterocycles. The Bertz CT molecular complexity index is 1160. The van der Waals surface area contributed by atoms with Gasteiger partial charge in [-0.3, -0.25) is 14.5 Å². The Balaban J connectivity index is 1.25. The van der Waals surface area contributed by atoms with Crippen LogP contribution in [0.2, 0.25) is 0 Å². The molecule has 6 nitrogen and oxygen atoms in total. The minimum Gasteiger partial charge on any atom is -0.348 e. The highest BCUT2D eigenvalue weighted by Gasteiger charge is 2.51. The van der Waals surface area contributed by atoms with Crippen LogP contribution < -0.4 is 5.32 Å². The summed E-state index contributed by atoms with van der Waals surface area (Å²) in [4.78, 5) is 29.7. The monoisotopic (exact) mass is 550 g/mol. The van der Waals surface area contributed by atoms with Gasteiger partial charge >= 0.3 is 0 Å². The lowest BCUT2D eigenvalue weighted by Crippen LogP contribution is -2.61. The average molecular weight is 551 g/mol. The van der Waals surface area contributed by atoms with Crippen LogP contribution in [0.5, 0.6) is 0 Å². The van der Waals surface area contributed by atoms with Gasteiger partial charge in [-0.05, 0) is 87.8 Å². The van der Waals surface area contributed by atoms with Gasteiger partial charge in [0.25, 0.3) is 0 Å². The zero-order chi connectivity index (χ0) is 27.7. The number of allylic oxidation sites excluding steroid dienone is 2. The minimum absolute atomic E-state index is 0.0260. The average Bonchev–Trinajstić information content (AvgIpc) is 3.66. The summed E-state index contributed by atoms with van der Waals surface area (Å²) in [6.45, 7) is 11.4. The number of hydrogen-bond donors (Lipinski definition) is 1. The van der Waals surface area contributed by atoms with E-state index in [-0.39, 0.29) is 23.7 Å². The number of carbonyl (C=O) groups excluding carboxylic acids is 2. The third-order valence-electron chi connectivity index (χ3n) is 9.68. The molecular weight excluding hydrogens is 504 g/mol. The van der Waals surface area contributed by atoms with E-state index in [1.807, 2.05) is 6.07 Å². The summed E-state index contributed by atoms with van der Waals surface area (Å²) in [7, 11) is 0. The molecule has 0 spiro atoms. The number of fused-ring (bicyclic) bond motifs is 1. The first kappa shape index (κ1) is 28.4. The molecule has 2 aliphatic carbocycles. The molecule has 1 N–H and O–H groups in total. The number of ketones is 1. The molecule has 5 rings (SSSR count). The van der Waals surface area contributed by atoms with Crippen molar-refractivity contribution >= 4 is 34.5 Å². The second-order valence-corrected chi connectivity index (χ2v) is 13.7. The number of likely N-dealkylation sites (tertiary alicyclic amines) is 1. The molecule has 2 aliphatic heterocycles. The van der Waals surface area contributed by atoms with E-state index in [9.17, 15) is 9.59 Å². The normalized spacial score (nSPS) is 29.2. The highest BCUT2D eigenvalue weighted by atomic mass is 32.1. The fourth-order valence-electron chi connectivity index (χ4n) is 7.39. The number of carbonyl (C=O) groups is 2. The number of amides is 1. The maximum Gasteiger partial charge on any atom is 0.223 e. The Labute approximate surface area is 238 Å². The summed E-state index contributed by atoms with van der Waals surface area (Å²) in [5, 5.41) is 12.3. The summed E-state index contributed by atoms with van der Waals surface area (Å²) in [6, 6.07) is 5.19. The molecule has 39 heavy (non-hydrogen) atoms.